The lowest BCUT2D eigenvalue weighted by atomic mass is 10.2. The van der Waals surface area contributed by atoms with Gasteiger partial charge in [0.05, 0.1) is 17.3 Å². The van der Waals surface area contributed by atoms with Crippen LogP contribution in [0.25, 0.3) is 11.0 Å². The number of hydrogen-bond acceptors (Lipinski definition) is 7. The second-order valence-corrected chi connectivity index (χ2v) is 7.26. The number of amides is 1. The smallest absolute Gasteiger partial charge is 0.272 e. The van der Waals surface area contributed by atoms with E-state index in [0.717, 1.165) is 13.1 Å². The SMILES string of the molecule is CC(C)Oc1cc(F)ccc1Nc1ncnc2ccc(C(=O)N3CCNCC3)nc12. The van der Waals surface area contributed by atoms with Gasteiger partial charge in [0, 0.05) is 32.2 Å². The third-order valence-electron chi connectivity index (χ3n) is 4.66. The number of benzene rings is 1. The minimum absolute atomic E-state index is 0.126. The van der Waals surface area contributed by atoms with Crippen LogP contribution in [0.1, 0.15) is 24.3 Å². The van der Waals surface area contributed by atoms with Crippen LogP contribution >= 0.6 is 0 Å². The molecule has 1 aromatic carbocycles. The number of nitrogens with zero attached hydrogens (tertiary/aromatic N) is 4. The predicted octanol–water partition coefficient (Wildman–Crippen LogP) is 2.74. The van der Waals surface area contributed by atoms with E-state index in [1.54, 1.807) is 23.1 Å². The summed E-state index contributed by atoms with van der Waals surface area (Å²) in [6.45, 7) is 6.53. The lowest BCUT2D eigenvalue weighted by Crippen LogP contribution is -2.46. The van der Waals surface area contributed by atoms with Gasteiger partial charge in [0.15, 0.2) is 5.82 Å². The molecule has 1 amide bonds. The number of aromatic nitrogens is 3. The van der Waals surface area contributed by atoms with E-state index >= 15 is 0 Å². The van der Waals surface area contributed by atoms with Gasteiger partial charge in [0.25, 0.3) is 5.91 Å². The molecule has 0 saturated carbocycles. The molecule has 0 spiro atoms. The summed E-state index contributed by atoms with van der Waals surface area (Å²) in [5.41, 5.74) is 1.93. The molecule has 0 bridgehead atoms. The summed E-state index contributed by atoms with van der Waals surface area (Å²) in [5.74, 6) is 0.254. The molecule has 1 aliphatic rings. The number of piperazine rings is 1. The summed E-state index contributed by atoms with van der Waals surface area (Å²) in [6.07, 6.45) is 1.28. The number of anilines is 2. The summed E-state index contributed by atoms with van der Waals surface area (Å²) in [6, 6.07) is 7.66. The van der Waals surface area contributed by atoms with Gasteiger partial charge in [-0.05, 0) is 38.1 Å². The molecule has 1 saturated heterocycles. The van der Waals surface area contributed by atoms with Crippen LogP contribution in [0.4, 0.5) is 15.9 Å². The normalized spacial score (nSPS) is 14.2. The molecule has 0 radical (unpaired) electrons. The summed E-state index contributed by atoms with van der Waals surface area (Å²) < 4.78 is 19.4. The number of pyridine rings is 1. The number of hydrogen-bond donors (Lipinski definition) is 2. The van der Waals surface area contributed by atoms with E-state index in [9.17, 15) is 9.18 Å². The first-order chi connectivity index (χ1) is 14.5. The average molecular weight is 410 g/mol. The van der Waals surface area contributed by atoms with E-state index in [2.05, 4.69) is 25.6 Å². The molecule has 8 nitrogen and oxygen atoms in total. The predicted molar refractivity (Wildman–Crippen MR) is 112 cm³/mol. The quantitative estimate of drug-likeness (QED) is 0.668. The lowest BCUT2D eigenvalue weighted by molar-refractivity contribution is 0.0730. The van der Waals surface area contributed by atoms with Crippen molar-refractivity contribution in [1.82, 2.24) is 25.2 Å². The number of carbonyl (C=O) groups excluding carboxylic acids is 1. The Morgan fingerprint density at radius 2 is 2.00 bits per heavy atom. The number of rotatable bonds is 5. The van der Waals surface area contributed by atoms with Crippen molar-refractivity contribution in [3.8, 4) is 5.75 Å². The second-order valence-electron chi connectivity index (χ2n) is 7.26. The number of fused-ring (bicyclic) bond motifs is 1. The van der Waals surface area contributed by atoms with Gasteiger partial charge >= 0.3 is 0 Å². The minimum atomic E-state index is -0.397. The van der Waals surface area contributed by atoms with Crippen molar-refractivity contribution in [2.75, 3.05) is 31.5 Å². The fourth-order valence-corrected chi connectivity index (χ4v) is 3.26. The highest BCUT2D eigenvalue weighted by molar-refractivity contribution is 5.96. The second kappa shape index (κ2) is 8.58. The molecule has 1 aliphatic heterocycles. The number of nitrogens with one attached hydrogen (secondary N) is 2. The Morgan fingerprint density at radius 1 is 1.20 bits per heavy atom. The fourth-order valence-electron chi connectivity index (χ4n) is 3.26. The van der Waals surface area contributed by atoms with Crippen LogP contribution in [0.2, 0.25) is 0 Å². The first-order valence-electron chi connectivity index (χ1n) is 9.86. The number of halogens is 1. The van der Waals surface area contributed by atoms with Crippen LogP contribution in [-0.2, 0) is 0 Å². The molecule has 1 fully saturated rings. The maximum Gasteiger partial charge on any atom is 0.272 e. The van der Waals surface area contributed by atoms with E-state index in [-0.39, 0.29) is 12.0 Å². The van der Waals surface area contributed by atoms with Crippen LogP contribution in [0.5, 0.6) is 5.75 Å². The molecule has 9 heteroatoms. The monoisotopic (exact) mass is 410 g/mol. The summed E-state index contributed by atoms with van der Waals surface area (Å²) in [4.78, 5) is 27.7. The number of carbonyl (C=O) groups is 1. The molecule has 2 N–H and O–H groups in total. The largest absolute Gasteiger partial charge is 0.489 e. The van der Waals surface area contributed by atoms with Gasteiger partial charge in [-0.25, -0.2) is 19.3 Å². The van der Waals surface area contributed by atoms with Crippen LogP contribution < -0.4 is 15.4 Å². The molecular formula is C21H23FN6O2. The molecular weight excluding hydrogens is 387 g/mol. The highest BCUT2D eigenvalue weighted by atomic mass is 19.1. The fraction of sp³-hybridized carbons (Fsp3) is 0.333. The van der Waals surface area contributed by atoms with E-state index < -0.39 is 5.82 Å². The van der Waals surface area contributed by atoms with Gasteiger partial charge in [0.2, 0.25) is 0 Å². The Labute approximate surface area is 173 Å². The zero-order valence-electron chi connectivity index (χ0n) is 16.9. The Kier molecular flexibility index (Phi) is 5.71. The first kappa shape index (κ1) is 20.0. The van der Waals surface area contributed by atoms with Crippen LogP contribution in [-0.4, -0.2) is 58.0 Å². The average Bonchev–Trinajstić information content (AvgIpc) is 2.75. The lowest BCUT2D eigenvalue weighted by Gasteiger charge is -2.27. The zero-order chi connectivity index (χ0) is 21.1. The molecule has 0 aliphatic carbocycles. The molecule has 4 rings (SSSR count). The van der Waals surface area contributed by atoms with Gasteiger partial charge in [-0.2, -0.15) is 0 Å². The maximum atomic E-state index is 13.7. The Balaban J connectivity index is 1.69. The molecule has 3 aromatic rings. The molecule has 0 atom stereocenters. The molecule has 30 heavy (non-hydrogen) atoms. The van der Waals surface area contributed by atoms with Crippen molar-refractivity contribution >= 4 is 28.4 Å². The van der Waals surface area contributed by atoms with Gasteiger partial charge < -0.3 is 20.3 Å². The summed E-state index contributed by atoms with van der Waals surface area (Å²) >= 11 is 0. The van der Waals surface area contributed by atoms with Crippen molar-refractivity contribution < 1.29 is 13.9 Å². The first-order valence-corrected chi connectivity index (χ1v) is 9.86. The standard InChI is InChI=1S/C21H23FN6O2/c1-13(2)30-18-11-14(22)3-4-15(18)27-20-19-16(24-12-25-20)5-6-17(26-19)21(29)28-9-7-23-8-10-28/h3-6,11-13,23H,7-10H2,1-2H3,(H,24,25,27). The Morgan fingerprint density at radius 3 is 2.77 bits per heavy atom. The molecule has 3 heterocycles. The minimum Gasteiger partial charge on any atom is -0.489 e. The maximum absolute atomic E-state index is 13.7. The molecule has 0 unspecified atom stereocenters. The van der Waals surface area contributed by atoms with E-state index in [1.807, 2.05) is 13.8 Å². The Bertz CT molecular complexity index is 1070. The highest BCUT2D eigenvalue weighted by Crippen LogP contribution is 2.30. The third-order valence-corrected chi connectivity index (χ3v) is 4.66. The number of ether oxygens (including phenoxy) is 1. The van der Waals surface area contributed by atoms with Crippen molar-refractivity contribution in [3.63, 3.8) is 0 Å². The third kappa shape index (κ3) is 4.30. The van der Waals surface area contributed by atoms with Crippen molar-refractivity contribution in [3.05, 3.63) is 48.2 Å². The summed E-state index contributed by atoms with van der Waals surface area (Å²) in [7, 11) is 0. The van der Waals surface area contributed by atoms with E-state index in [1.165, 1.54) is 18.5 Å². The van der Waals surface area contributed by atoms with Crippen LogP contribution in [0.15, 0.2) is 36.7 Å². The van der Waals surface area contributed by atoms with Crippen molar-refractivity contribution in [2.24, 2.45) is 0 Å². The van der Waals surface area contributed by atoms with Gasteiger partial charge in [-0.15, -0.1) is 0 Å². The van der Waals surface area contributed by atoms with Gasteiger partial charge in [0.1, 0.15) is 29.1 Å². The van der Waals surface area contributed by atoms with Crippen LogP contribution in [0.3, 0.4) is 0 Å². The van der Waals surface area contributed by atoms with Gasteiger partial charge in [-0.1, -0.05) is 0 Å². The van der Waals surface area contributed by atoms with Crippen molar-refractivity contribution in [2.45, 2.75) is 20.0 Å². The molecule has 2 aromatic heterocycles. The Hall–Kier alpha value is -3.33. The van der Waals surface area contributed by atoms with E-state index in [0.29, 0.717) is 47.1 Å². The zero-order valence-corrected chi connectivity index (χ0v) is 16.9. The van der Waals surface area contributed by atoms with E-state index in [4.69, 9.17) is 4.74 Å². The van der Waals surface area contributed by atoms with Crippen LogP contribution in [0, 0.1) is 5.82 Å². The highest BCUT2D eigenvalue weighted by Gasteiger charge is 2.20. The van der Waals surface area contributed by atoms with Gasteiger partial charge in [-0.3, -0.25) is 4.79 Å². The molecule has 156 valence electrons. The summed E-state index contributed by atoms with van der Waals surface area (Å²) in [5, 5.41) is 6.38. The topological polar surface area (TPSA) is 92.3 Å². The van der Waals surface area contributed by atoms with Crippen molar-refractivity contribution in [1.29, 1.82) is 0 Å².